The molecule has 1 aromatic rings. The molecule has 0 radical (unpaired) electrons. The first kappa shape index (κ1) is 29.4. The van der Waals surface area contributed by atoms with E-state index in [-0.39, 0.29) is 52.9 Å². The maximum Gasteiger partial charge on any atom is 1.00 e. The number of hydrogen-bond acceptors (Lipinski definition) is 1. The third kappa shape index (κ3) is 10.5. The van der Waals surface area contributed by atoms with Gasteiger partial charge in [-0.2, -0.15) is 0 Å². The van der Waals surface area contributed by atoms with Crippen LogP contribution in [-0.4, -0.2) is 30.7 Å². The molecule has 0 aliphatic heterocycles. The van der Waals surface area contributed by atoms with Crippen molar-refractivity contribution in [2.24, 2.45) is 0 Å². The van der Waals surface area contributed by atoms with Gasteiger partial charge in [-0.15, -0.1) is 0 Å². The van der Waals surface area contributed by atoms with Crippen LogP contribution in [0.5, 0.6) is 0 Å². The van der Waals surface area contributed by atoms with Crippen LogP contribution in [-0.2, 0) is 11.1 Å². The number of benzene rings is 1. The molecule has 0 saturated heterocycles. The van der Waals surface area contributed by atoms with Gasteiger partial charge in [0, 0.05) is 0 Å². The van der Waals surface area contributed by atoms with Crippen LogP contribution in [0.4, 0.5) is 0 Å². The first-order chi connectivity index (χ1) is 4.70. The Balaban J connectivity index is -0.0000000417. The van der Waals surface area contributed by atoms with Crippen LogP contribution in [0.3, 0.4) is 0 Å². The minimum Gasteiger partial charge on any atom is -1.00 e. The minimum absolute atomic E-state index is 0. The van der Waals surface area contributed by atoms with Crippen molar-refractivity contribution in [1.82, 2.24) is 0 Å². The van der Waals surface area contributed by atoms with Crippen LogP contribution in [0.25, 0.3) is 0 Å². The van der Waals surface area contributed by atoms with Crippen LogP contribution < -0.4 is 29.6 Å². The predicted molar refractivity (Wildman–Crippen MR) is 55.8 cm³/mol. The smallest absolute Gasteiger partial charge is 1.00 e. The molecule has 1 unspecified atom stereocenters. The molecule has 0 saturated carbocycles. The SMILES string of the molecule is Cc1ccc(S(=O)O)cc1.O.O.O.O.[H-].[Na+]. The zero-order valence-electron chi connectivity index (χ0n) is 9.57. The predicted octanol–water partition coefficient (Wildman–Crippen LogP) is -4.61. The van der Waals surface area contributed by atoms with Gasteiger partial charge in [-0.3, -0.25) is 0 Å². The van der Waals surface area contributed by atoms with E-state index in [2.05, 4.69) is 0 Å². The van der Waals surface area contributed by atoms with Gasteiger partial charge in [0.2, 0.25) is 0 Å². The molecular weight excluding hydrogens is 235 g/mol. The summed E-state index contributed by atoms with van der Waals surface area (Å²) in [5.74, 6) is 0. The average molecular weight is 252 g/mol. The topological polar surface area (TPSA) is 163 Å². The van der Waals surface area contributed by atoms with Gasteiger partial charge in [-0.05, 0) is 19.1 Å². The Morgan fingerprint density at radius 3 is 1.67 bits per heavy atom. The molecule has 9 N–H and O–H groups in total. The van der Waals surface area contributed by atoms with Gasteiger partial charge in [0.1, 0.15) is 0 Å². The van der Waals surface area contributed by atoms with Gasteiger partial charge in [-0.25, -0.2) is 4.21 Å². The van der Waals surface area contributed by atoms with E-state index in [1.54, 1.807) is 12.1 Å². The van der Waals surface area contributed by atoms with Gasteiger partial charge >= 0.3 is 29.6 Å². The van der Waals surface area contributed by atoms with Crippen molar-refractivity contribution in [2.45, 2.75) is 11.8 Å². The molecule has 0 aromatic heterocycles. The van der Waals surface area contributed by atoms with Crippen molar-refractivity contribution in [3.8, 4) is 0 Å². The first-order valence-corrected chi connectivity index (χ1v) is 3.98. The van der Waals surface area contributed by atoms with Crippen LogP contribution >= 0.6 is 0 Å². The fraction of sp³-hybridized carbons (Fsp3) is 0.143. The van der Waals surface area contributed by atoms with Gasteiger partial charge in [-0.1, -0.05) is 17.7 Å². The Kier molecular flexibility index (Phi) is 27.8. The Hall–Kier alpha value is 0.170. The van der Waals surface area contributed by atoms with Crippen molar-refractivity contribution in [2.75, 3.05) is 0 Å². The molecule has 88 valence electrons. The summed E-state index contributed by atoms with van der Waals surface area (Å²) < 4.78 is 19.0. The minimum atomic E-state index is -1.84. The summed E-state index contributed by atoms with van der Waals surface area (Å²) in [5.41, 5.74) is 1.09. The second kappa shape index (κ2) is 14.2. The Labute approximate surface area is 114 Å². The molecule has 6 nitrogen and oxygen atoms in total. The number of rotatable bonds is 1. The quantitative estimate of drug-likeness (QED) is 0.393. The second-order valence-corrected chi connectivity index (χ2v) is 3.03. The standard InChI is InChI=1S/C7H8O2S.Na.4H2O.H/c1-6-2-4-7(5-3-6)10(8)9;;;;;;/h2-5H,1H3,(H,8,9);;4*1H2;/q;+1;;;;;-1. The van der Waals surface area contributed by atoms with E-state index in [4.69, 9.17) is 4.55 Å². The summed E-state index contributed by atoms with van der Waals surface area (Å²) in [5, 5.41) is 0. The van der Waals surface area contributed by atoms with Crippen molar-refractivity contribution < 1.29 is 61.7 Å². The molecule has 0 heterocycles. The van der Waals surface area contributed by atoms with Gasteiger partial charge < -0.3 is 27.9 Å². The largest absolute Gasteiger partial charge is 1.00 e. The molecule has 1 rings (SSSR count). The van der Waals surface area contributed by atoms with Crippen LogP contribution in [0, 0.1) is 6.92 Å². The summed E-state index contributed by atoms with van der Waals surface area (Å²) in [6, 6.07) is 6.91. The average Bonchev–Trinajstić information content (AvgIpc) is 1.88. The van der Waals surface area contributed by atoms with Gasteiger partial charge in [0.25, 0.3) is 0 Å². The zero-order chi connectivity index (χ0) is 7.56. The maximum atomic E-state index is 10.4. The van der Waals surface area contributed by atoms with E-state index < -0.39 is 11.1 Å². The molecule has 1 aromatic carbocycles. The van der Waals surface area contributed by atoms with Crippen LogP contribution in [0.15, 0.2) is 29.2 Å². The number of hydrogen-bond donors (Lipinski definition) is 1. The molecule has 15 heavy (non-hydrogen) atoms. The fourth-order valence-corrected chi connectivity index (χ4v) is 1.02. The second-order valence-electron chi connectivity index (χ2n) is 2.06. The summed E-state index contributed by atoms with van der Waals surface area (Å²) in [4.78, 5) is 0.450. The molecule has 0 fully saturated rings. The van der Waals surface area contributed by atoms with E-state index in [0.29, 0.717) is 4.90 Å². The Morgan fingerprint density at radius 2 is 1.40 bits per heavy atom. The molecule has 0 aliphatic rings. The Morgan fingerprint density at radius 1 is 1.07 bits per heavy atom. The Bertz CT molecular complexity index is 258. The molecule has 0 bridgehead atoms. The van der Waals surface area contributed by atoms with E-state index in [1.165, 1.54) is 0 Å². The monoisotopic (exact) mass is 252 g/mol. The van der Waals surface area contributed by atoms with Crippen LogP contribution in [0.1, 0.15) is 6.99 Å². The normalized spacial score (nSPS) is 8.67. The van der Waals surface area contributed by atoms with Crippen LogP contribution in [0.2, 0.25) is 0 Å². The third-order valence-corrected chi connectivity index (χ3v) is 1.90. The van der Waals surface area contributed by atoms with Crippen molar-refractivity contribution in [3.05, 3.63) is 29.8 Å². The summed E-state index contributed by atoms with van der Waals surface area (Å²) in [6.45, 7) is 1.93. The summed E-state index contributed by atoms with van der Waals surface area (Å²) in [7, 11) is 0. The van der Waals surface area contributed by atoms with E-state index in [1.807, 2.05) is 19.1 Å². The summed E-state index contributed by atoms with van der Waals surface area (Å²) in [6.07, 6.45) is 0. The van der Waals surface area contributed by atoms with Crippen molar-refractivity contribution >= 4 is 11.1 Å². The van der Waals surface area contributed by atoms with E-state index in [9.17, 15) is 4.21 Å². The third-order valence-electron chi connectivity index (χ3n) is 1.22. The molecule has 0 amide bonds. The molecular formula is C7H17NaO6S. The molecule has 8 heteroatoms. The molecule has 1 atom stereocenters. The van der Waals surface area contributed by atoms with Crippen molar-refractivity contribution in [1.29, 1.82) is 0 Å². The molecule has 0 aliphatic carbocycles. The fourth-order valence-electron chi connectivity index (χ4n) is 0.655. The zero-order valence-corrected chi connectivity index (χ0v) is 11.4. The summed E-state index contributed by atoms with van der Waals surface area (Å²) >= 11 is -1.84. The first-order valence-electron chi connectivity index (χ1n) is 2.87. The molecule has 0 spiro atoms. The van der Waals surface area contributed by atoms with Crippen molar-refractivity contribution in [3.63, 3.8) is 0 Å². The van der Waals surface area contributed by atoms with Gasteiger partial charge in [0.15, 0.2) is 11.1 Å². The maximum absolute atomic E-state index is 10.4. The van der Waals surface area contributed by atoms with E-state index in [0.717, 1.165) is 5.56 Å². The van der Waals surface area contributed by atoms with E-state index >= 15 is 0 Å². The number of aryl methyl sites for hydroxylation is 1. The van der Waals surface area contributed by atoms with Gasteiger partial charge in [0.05, 0.1) is 4.90 Å².